The number of amides is 1. The van der Waals surface area contributed by atoms with Crippen LogP contribution in [0, 0.1) is 0 Å². The van der Waals surface area contributed by atoms with Crippen molar-refractivity contribution >= 4 is 22.6 Å². The Morgan fingerprint density at radius 3 is 2.86 bits per heavy atom. The van der Waals surface area contributed by atoms with Gasteiger partial charge in [-0.2, -0.15) is 0 Å². The van der Waals surface area contributed by atoms with Crippen molar-refractivity contribution in [2.75, 3.05) is 25.1 Å². The Morgan fingerprint density at radius 1 is 1.14 bits per heavy atom. The van der Waals surface area contributed by atoms with Crippen LogP contribution < -0.4 is 5.32 Å². The largest absolute Gasteiger partial charge is 0.448 e. The topological polar surface area (TPSA) is 102 Å². The zero-order valence-electron chi connectivity index (χ0n) is 15.4. The number of ether oxygens (including phenoxy) is 2. The molecule has 8 heteroatoms. The molecule has 1 aromatic carbocycles. The van der Waals surface area contributed by atoms with Gasteiger partial charge in [0.2, 0.25) is 0 Å². The second-order valence-electron chi connectivity index (χ2n) is 7.27. The van der Waals surface area contributed by atoms with Gasteiger partial charge in [-0.3, -0.25) is 4.79 Å². The summed E-state index contributed by atoms with van der Waals surface area (Å²) in [4.78, 5) is 24.8. The smallest absolute Gasteiger partial charge is 0.277 e. The SMILES string of the molecule is O=C(Nc1ccc2nc(C3CCCO3)[nH]c2c1)c1coc(C2CCOCC2)n1. The minimum absolute atomic E-state index is 0.0316. The fourth-order valence-corrected chi connectivity index (χ4v) is 3.77. The van der Waals surface area contributed by atoms with E-state index in [9.17, 15) is 4.79 Å². The van der Waals surface area contributed by atoms with E-state index in [-0.39, 0.29) is 23.6 Å². The van der Waals surface area contributed by atoms with Crippen molar-refractivity contribution in [2.45, 2.75) is 37.7 Å². The number of rotatable bonds is 4. The van der Waals surface area contributed by atoms with Crippen LogP contribution >= 0.6 is 0 Å². The average Bonchev–Trinajstić information content (AvgIpc) is 3.47. The number of nitrogens with zero attached hydrogens (tertiary/aromatic N) is 2. The molecule has 8 nitrogen and oxygen atoms in total. The fourth-order valence-electron chi connectivity index (χ4n) is 3.77. The molecule has 2 aliphatic rings. The van der Waals surface area contributed by atoms with Crippen molar-refractivity contribution in [3.63, 3.8) is 0 Å². The second-order valence-corrected chi connectivity index (χ2v) is 7.27. The molecular weight excluding hydrogens is 360 g/mol. The molecule has 28 heavy (non-hydrogen) atoms. The molecule has 146 valence electrons. The molecule has 1 atom stereocenters. The number of imidazole rings is 1. The maximum absolute atomic E-state index is 12.6. The fraction of sp³-hybridized carbons (Fsp3) is 0.450. The molecular formula is C20H22N4O4. The van der Waals surface area contributed by atoms with E-state index in [0.29, 0.717) is 24.8 Å². The summed E-state index contributed by atoms with van der Waals surface area (Å²) < 4.78 is 16.6. The van der Waals surface area contributed by atoms with Crippen LogP contribution in [0.25, 0.3) is 11.0 Å². The third kappa shape index (κ3) is 3.41. The lowest BCUT2D eigenvalue weighted by atomic mass is 10.0. The van der Waals surface area contributed by atoms with Crippen LogP contribution in [-0.2, 0) is 9.47 Å². The number of aromatic amines is 1. The number of aromatic nitrogens is 3. The Hall–Kier alpha value is -2.71. The lowest BCUT2D eigenvalue weighted by Crippen LogP contribution is -2.15. The highest BCUT2D eigenvalue weighted by Gasteiger charge is 2.23. The predicted molar refractivity (Wildman–Crippen MR) is 101 cm³/mol. The number of hydrogen-bond acceptors (Lipinski definition) is 6. The van der Waals surface area contributed by atoms with Crippen LogP contribution in [0.3, 0.4) is 0 Å². The number of nitrogens with one attached hydrogen (secondary N) is 2. The molecule has 2 saturated heterocycles. The highest BCUT2D eigenvalue weighted by molar-refractivity contribution is 6.03. The average molecular weight is 382 g/mol. The molecule has 0 bridgehead atoms. The summed E-state index contributed by atoms with van der Waals surface area (Å²) in [7, 11) is 0. The highest BCUT2D eigenvalue weighted by atomic mass is 16.5. The van der Waals surface area contributed by atoms with Crippen LogP contribution in [-0.4, -0.2) is 40.7 Å². The van der Waals surface area contributed by atoms with Crippen LogP contribution in [0.15, 0.2) is 28.9 Å². The van der Waals surface area contributed by atoms with E-state index in [4.69, 9.17) is 13.9 Å². The number of H-pyrrole nitrogens is 1. The Balaban J connectivity index is 1.30. The minimum atomic E-state index is -0.291. The van der Waals surface area contributed by atoms with Gasteiger partial charge in [-0.25, -0.2) is 9.97 Å². The molecule has 2 aromatic heterocycles. The van der Waals surface area contributed by atoms with Gasteiger partial charge in [0.25, 0.3) is 5.91 Å². The Bertz CT molecular complexity index is 983. The normalized spacial score (nSPS) is 20.6. The minimum Gasteiger partial charge on any atom is -0.448 e. The van der Waals surface area contributed by atoms with E-state index < -0.39 is 0 Å². The summed E-state index contributed by atoms with van der Waals surface area (Å²) in [6.07, 6.45) is 5.21. The first kappa shape index (κ1) is 17.4. The Morgan fingerprint density at radius 2 is 2.04 bits per heavy atom. The standard InChI is InChI=1S/C20H22N4O4/c25-19(16-11-28-20(24-16)12-5-8-26-9-6-12)21-13-3-4-14-15(10-13)23-18(22-14)17-2-1-7-27-17/h3-4,10-12,17H,1-2,5-9H2,(H,21,25)(H,22,23). The molecule has 3 aromatic rings. The van der Waals surface area contributed by atoms with Gasteiger partial charge in [0, 0.05) is 31.4 Å². The molecule has 0 spiro atoms. The zero-order valence-corrected chi connectivity index (χ0v) is 15.4. The first-order chi connectivity index (χ1) is 13.8. The third-order valence-electron chi connectivity index (χ3n) is 5.32. The van der Waals surface area contributed by atoms with Gasteiger partial charge >= 0.3 is 0 Å². The number of oxazole rings is 1. The Labute approximate surface area is 161 Å². The van der Waals surface area contributed by atoms with Gasteiger partial charge in [-0.05, 0) is 43.9 Å². The van der Waals surface area contributed by atoms with Crippen molar-refractivity contribution in [3.05, 3.63) is 41.9 Å². The zero-order chi connectivity index (χ0) is 18.9. The number of hydrogen-bond donors (Lipinski definition) is 2. The highest BCUT2D eigenvalue weighted by Crippen LogP contribution is 2.29. The number of carbonyl (C=O) groups is 1. The molecule has 2 N–H and O–H groups in total. The van der Waals surface area contributed by atoms with E-state index in [1.807, 2.05) is 18.2 Å². The van der Waals surface area contributed by atoms with Gasteiger partial charge < -0.3 is 24.2 Å². The lowest BCUT2D eigenvalue weighted by Gasteiger charge is -2.18. The second kappa shape index (κ2) is 7.37. The number of benzene rings is 1. The molecule has 0 radical (unpaired) electrons. The van der Waals surface area contributed by atoms with Crippen LogP contribution in [0.1, 0.15) is 59.9 Å². The van der Waals surface area contributed by atoms with Gasteiger partial charge in [0.1, 0.15) is 18.2 Å². The van der Waals surface area contributed by atoms with E-state index in [1.165, 1.54) is 6.26 Å². The van der Waals surface area contributed by atoms with Crippen LogP contribution in [0.4, 0.5) is 5.69 Å². The predicted octanol–water partition coefficient (Wildman–Crippen LogP) is 3.55. The van der Waals surface area contributed by atoms with Crippen molar-refractivity contribution < 1.29 is 18.7 Å². The van der Waals surface area contributed by atoms with E-state index in [2.05, 4.69) is 20.3 Å². The van der Waals surface area contributed by atoms with Gasteiger partial charge in [-0.15, -0.1) is 0 Å². The summed E-state index contributed by atoms with van der Waals surface area (Å²) in [5.74, 6) is 1.38. The molecule has 0 saturated carbocycles. The van der Waals surface area contributed by atoms with Gasteiger partial charge in [0.15, 0.2) is 11.6 Å². The summed E-state index contributed by atoms with van der Waals surface area (Å²) in [6.45, 7) is 2.18. The summed E-state index contributed by atoms with van der Waals surface area (Å²) in [6, 6.07) is 5.59. The third-order valence-corrected chi connectivity index (χ3v) is 5.32. The van der Waals surface area contributed by atoms with Gasteiger partial charge in [-0.1, -0.05) is 0 Å². The number of anilines is 1. The molecule has 1 unspecified atom stereocenters. The van der Waals surface area contributed by atoms with Crippen LogP contribution in [0.5, 0.6) is 0 Å². The molecule has 4 heterocycles. The van der Waals surface area contributed by atoms with Crippen molar-refractivity contribution in [1.82, 2.24) is 15.0 Å². The molecule has 0 aliphatic carbocycles. The van der Waals surface area contributed by atoms with Crippen molar-refractivity contribution in [1.29, 1.82) is 0 Å². The van der Waals surface area contributed by atoms with E-state index in [0.717, 1.165) is 49.1 Å². The molecule has 5 rings (SSSR count). The lowest BCUT2D eigenvalue weighted by molar-refractivity contribution is 0.0794. The summed E-state index contributed by atoms with van der Waals surface area (Å²) in [5.41, 5.74) is 2.68. The van der Waals surface area contributed by atoms with Gasteiger partial charge in [0.05, 0.1) is 11.0 Å². The Kier molecular flexibility index (Phi) is 4.58. The van der Waals surface area contributed by atoms with Crippen molar-refractivity contribution in [2.24, 2.45) is 0 Å². The van der Waals surface area contributed by atoms with Crippen molar-refractivity contribution in [3.8, 4) is 0 Å². The maximum Gasteiger partial charge on any atom is 0.277 e. The maximum atomic E-state index is 12.6. The number of carbonyl (C=O) groups excluding carboxylic acids is 1. The monoisotopic (exact) mass is 382 g/mol. The quantitative estimate of drug-likeness (QED) is 0.715. The summed E-state index contributed by atoms with van der Waals surface area (Å²) >= 11 is 0. The molecule has 2 aliphatic heterocycles. The first-order valence-electron chi connectivity index (χ1n) is 9.72. The van der Waals surface area contributed by atoms with E-state index in [1.54, 1.807) is 0 Å². The molecule has 2 fully saturated rings. The van der Waals surface area contributed by atoms with E-state index >= 15 is 0 Å². The number of fused-ring (bicyclic) bond motifs is 1. The van der Waals surface area contributed by atoms with Crippen LogP contribution in [0.2, 0.25) is 0 Å². The first-order valence-corrected chi connectivity index (χ1v) is 9.72. The summed E-state index contributed by atoms with van der Waals surface area (Å²) in [5, 5.41) is 2.88. The molecule has 1 amide bonds.